The second-order valence-corrected chi connectivity index (χ2v) is 6.99. The fourth-order valence-electron chi connectivity index (χ4n) is 3.56. The normalized spacial score (nSPS) is 18.7. The number of halogens is 2. The average molecular weight is 505 g/mol. The number of hydrogen-bond acceptors (Lipinski definition) is 4. The molecule has 1 aromatic carbocycles. The van der Waals surface area contributed by atoms with E-state index >= 15 is 0 Å². The Labute approximate surface area is 185 Å². The number of guanidine groups is 1. The Balaban J connectivity index is 0.00000280. The van der Waals surface area contributed by atoms with Gasteiger partial charge in [-0.3, -0.25) is 9.89 Å². The molecule has 0 bridgehead atoms. The fourth-order valence-corrected chi connectivity index (χ4v) is 3.56. The Bertz CT molecular complexity index is 587. The molecule has 2 aliphatic rings. The van der Waals surface area contributed by atoms with E-state index in [4.69, 9.17) is 9.73 Å². The first-order valence-electron chi connectivity index (χ1n) is 10.1. The van der Waals surface area contributed by atoms with Crippen LogP contribution in [0.2, 0.25) is 0 Å². The Morgan fingerprint density at radius 1 is 1.07 bits per heavy atom. The van der Waals surface area contributed by atoms with Crippen LogP contribution < -0.4 is 10.2 Å². The molecule has 8 heteroatoms. The van der Waals surface area contributed by atoms with Gasteiger partial charge in [-0.1, -0.05) is 0 Å². The molecule has 0 aromatic heterocycles. The number of piperazine rings is 1. The summed E-state index contributed by atoms with van der Waals surface area (Å²) in [5, 5.41) is 3.43. The summed E-state index contributed by atoms with van der Waals surface area (Å²) < 4.78 is 18.5. The molecular weight excluding hydrogens is 472 g/mol. The van der Waals surface area contributed by atoms with E-state index in [2.05, 4.69) is 26.9 Å². The zero-order valence-electron chi connectivity index (χ0n) is 16.8. The maximum absolute atomic E-state index is 13.1. The summed E-state index contributed by atoms with van der Waals surface area (Å²) in [6.07, 6.45) is 1.07. The lowest BCUT2D eigenvalue weighted by Crippen LogP contribution is -2.52. The molecule has 0 atom stereocenters. The summed E-state index contributed by atoms with van der Waals surface area (Å²) >= 11 is 0. The lowest BCUT2D eigenvalue weighted by molar-refractivity contribution is 0.0377. The van der Waals surface area contributed by atoms with Crippen LogP contribution in [0.5, 0.6) is 0 Å². The summed E-state index contributed by atoms with van der Waals surface area (Å²) in [6.45, 7) is 12.4. The fraction of sp³-hybridized carbons (Fsp3) is 0.650. The maximum atomic E-state index is 13.1. The molecule has 28 heavy (non-hydrogen) atoms. The van der Waals surface area contributed by atoms with Gasteiger partial charge in [-0.05, 0) is 37.6 Å². The molecular formula is C20H33FIN5O. The van der Waals surface area contributed by atoms with Gasteiger partial charge in [0, 0.05) is 64.6 Å². The molecule has 0 radical (unpaired) electrons. The van der Waals surface area contributed by atoms with E-state index in [1.165, 1.54) is 12.1 Å². The van der Waals surface area contributed by atoms with E-state index in [9.17, 15) is 4.39 Å². The van der Waals surface area contributed by atoms with Crippen LogP contribution in [0.1, 0.15) is 13.3 Å². The Hall–Kier alpha value is -1.13. The number of hydrogen-bond donors (Lipinski definition) is 1. The molecule has 2 fully saturated rings. The van der Waals surface area contributed by atoms with Crippen LogP contribution in [0.4, 0.5) is 10.1 Å². The quantitative estimate of drug-likeness (QED) is 0.278. The molecule has 3 rings (SSSR count). The minimum absolute atomic E-state index is 0. The predicted molar refractivity (Wildman–Crippen MR) is 123 cm³/mol. The zero-order valence-corrected chi connectivity index (χ0v) is 19.1. The summed E-state index contributed by atoms with van der Waals surface area (Å²) in [7, 11) is 0. The van der Waals surface area contributed by atoms with Crippen molar-refractivity contribution in [1.29, 1.82) is 0 Å². The molecule has 2 aliphatic heterocycles. The lowest BCUT2D eigenvalue weighted by atomic mass is 10.2. The summed E-state index contributed by atoms with van der Waals surface area (Å²) in [6, 6.07) is 6.77. The number of rotatable bonds is 6. The van der Waals surface area contributed by atoms with Crippen molar-refractivity contribution in [2.24, 2.45) is 4.99 Å². The smallest absolute Gasteiger partial charge is 0.194 e. The van der Waals surface area contributed by atoms with Crippen molar-refractivity contribution in [3.05, 3.63) is 30.1 Å². The van der Waals surface area contributed by atoms with E-state index < -0.39 is 0 Å². The second-order valence-electron chi connectivity index (χ2n) is 6.99. The standard InChI is InChI=1S/C20H32FN5O.HI/c1-2-22-20(23-8-3-9-24-14-16-27-17-15-24)26-12-10-25(11-13-26)19-6-4-18(21)5-7-19;/h4-7H,2-3,8-17H2,1H3,(H,22,23);1H. The van der Waals surface area contributed by atoms with Crippen LogP contribution in [-0.2, 0) is 4.74 Å². The van der Waals surface area contributed by atoms with Crippen LogP contribution in [0.25, 0.3) is 0 Å². The molecule has 0 aliphatic carbocycles. The first-order valence-corrected chi connectivity index (χ1v) is 10.1. The van der Waals surface area contributed by atoms with Gasteiger partial charge in [0.05, 0.1) is 13.2 Å². The minimum Gasteiger partial charge on any atom is -0.379 e. The number of nitrogens with one attached hydrogen (secondary N) is 1. The van der Waals surface area contributed by atoms with Crippen molar-refractivity contribution < 1.29 is 9.13 Å². The first kappa shape index (κ1) is 23.2. The largest absolute Gasteiger partial charge is 0.379 e. The van der Waals surface area contributed by atoms with Gasteiger partial charge in [0.25, 0.3) is 0 Å². The van der Waals surface area contributed by atoms with Gasteiger partial charge in [-0.2, -0.15) is 0 Å². The molecule has 0 spiro atoms. The third-order valence-corrected chi connectivity index (χ3v) is 5.10. The molecule has 0 amide bonds. The van der Waals surface area contributed by atoms with E-state index in [-0.39, 0.29) is 29.8 Å². The van der Waals surface area contributed by atoms with Crippen molar-refractivity contribution >= 4 is 35.6 Å². The molecule has 2 heterocycles. The van der Waals surface area contributed by atoms with Gasteiger partial charge in [0.15, 0.2) is 5.96 Å². The van der Waals surface area contributed by atoms with Crippen LogP contribution >= 0.6 is 24.0 Å². The molecule has 1 N–H and O–H groups in total. The van der Waals surface area contributed by atoms with Crippen LogP contribution in [0.15, 0.2) is 29.3 Å². The minimum atomic E-state index is -0.184. The van der Waals surface area contributed by atoms with Gasteiger partial charge in [-0.25, -0.2) is 4.39 Å². The van der Waals surface area contributed by atoms with Gasteiger partial charge in [0.1, 0.15) is 5.82 Å². The van der Waals surface area contributed by atoms with Crippen molar-refractivity contribution in [3.63, 3.8) is 0 Å². The SMILES string of the molecule is CCNC(=NCCCN1CCOCC1)N1CCN(c2ccc(F)cc2)CC1.I. The van der Waals surface area contributed by atoms with Crippen LogP contribution in [0, 0.1) is 5.82 Å². The topological polar surface area (TPSA) is 43.3 Å². The van der Waals surface area contributed by atoms with Gasteiger partial charge in [-0.15, -0.1) is 24.0 Å². The van der Waals surface area contributed by atoms with E-state index in [0.29, 0.717) is 0 Å². The number of morpholine rings is 1. The molecule has 158 valence electrons. The third kappa shape index (κ3) is 7.04. The highest BCUT2D eigenvalue weighted by atomic mass is 127. The van der Waals surface area contributed by atoms with Gasteiger partial charge < -0.3 is 19.9 Å². The second kappa shape index (κ2) is 12.4. The summed E-state index contributed by atoms with van der Waals surface area (Å²) in [5.41, 5.74) is 1.09. The van der Waals surface area contributed by atoms with E-state index in [1.807, 2.05) is 12.1 Å². The monoisotopic (exact) mass is 505 g/mol. The van der Waals surface area contributed by atoms with E-state index in [0.717, 1.165) is 90.2 Å². The zero-order chi connectivity index (χ0) is 18.9. The molecule has 0 unspecified atom stereocenters. The molecule has 6 nitrogen and oxygen atoms in total. The number of benzene rings is 1. The van der Waals surface area contributed by atoms with Gasteiger partial charge in [0.2, 0.25) is 0 Å². The third-order valence-electron chi connectivity index (χ3n) is 5.10. The highest BCUT2D eigenvalue weighted by Gasteiger charge is 2.20. The van der Waals surface area contributed by atoms with E-state index in [1.54, 1.807) is 0 Å². The number of aliphatic imine (C=N–C) groups is 1. The summed E-state index contributed by atoms with van der Waals surface area (Å²) in [5.74, 6) is 0.828. The Morgan fingerprint density at radius 3 is 2.39 bits per heavy atom. The Kier molecular flexibility index (Phi) is 10.3. The summed E-state index contributed by atoms with van der Waals surface area (Å²) in [4.78, 5) is 11.9. The van der Waals surface area contributed by atoms with Crippen LogP contribution in [-0.4, -0.2) is 87.9 Å². The Morgan fingerprint density at radius 2 is 1.75 bits per heavy atom. The molecule has 0 saturated carbocycles. The highest BCUT2D eigenvalue weighted by Crippen LogP contribution is 2.17. The molecule has 2 saturated heterocycles. The number of ether oxygens (including phenoxy) is 1. The van der Waals surface area contributed by atoms with Crippen molar-refractivity contribution in [3.8, 4) is 0 Å². The molecule has 1 aromatic rings. The van der Waals surface area contributed by atoms with Gasteiger partial charge >= 0.3 is 0 Å². The predicted octanol–water partition coefficient (Wildman–Crippen LogP) is 2.25. The highest BCUT2D eigenvalue weighted by molar-refractivity contribution is 14.0. The number of anilines is 1. The maximum Gasteiger partial charge on any atom is 0.194 e. The van der Waals surface area contributed by atoms with Crippen molar-refractivity contribution in [2.45, 2.75) is 13.3 Å². The number of nitrogens with zero attached hydrogens (tertiary/aromatic N) is 4. The van der Waals surface area contributed by atoms with Crippen LogP contribution in [0.3, 0.4) is 0 Å². The van der Waals surface area contributed by atoms with Crippen molar-refractivity contribution in [1.82, 2.24) is 15.1 Å². The lowest BCUT2D eigenvalue weighted by Gasteiger charge is -2.37. The first-order chi connectivity index (χ1) is 13.3. The average Bonchev–Trinajstić information content (AvgIpc) is 2.72. The van der Waals surface area contributed by atoms with Crippen molar-refractivity contribution in [2.75, 3.05) is 77.0 Å².